The van der Waals surface area contributed by atoms with Gasteiger partial charge in [-0.05, 0) is 46.6 Å². The molecule has 0 saturated carbocycles. The largest absolute Gasteiger partial charge is 0.496 e. The highest BCUT2D eigenvalue weighted by Crippen LogP contribution is 2.25. The molecule has 0 aliphatic carbocycles. The third-order valence-corrected chi connectivity index (χ3v) is 3.97. The molecular formula is C18H18BrNO4. The Balaban J connectivity index is 1.90. The molecule has 5 nitrogen and oxygen atoms in total. The fraction of sp³-hybridized carbons (Fsp3) is 0.222. The summed E-state index contributed by atoms with van der Waals surface area (Å²) >= 11 is 3.31. The van der Waals surface area contributed by atoms with Gasteiger partial charge >= 0.3 is 5.97 Å². The van der Waals surface area contributed by atoms with E-state index in [1.165, 1.54) is 14.0 Å². The van der Waals surface area contributed by atoms with Crippen LogP contribution in [0.15, 0.2) is 53.0 Å². The van der Waals surface area contributed by atoms with E-state index >= 15 is 0 Å². The summed E-state index contributed by atoms with van der Waals surface area (Å²) in [6.45, 7) is 1.92. The number of carbonyl (C=O) groups is 2. The van der Waals surface area contributed by atoms with Gasteiger partial charge in [-0.15, -0.1) is 0 Å². The van der Waals surface area contributed by atoms with E-state index in [4.69, 9.17) is 9.47 Å². The Kier molecular flexibility index (Phi) is 6.37. The van der Waals surface area contributed by atoms with Crippen molar-refractivity contribution in [2.24, 2.45) is 0 Å². The van der Waals surface area contributed by atoms with Gasteiger partial charge < -0.3 is 14.8 Å². The fourth-order valence-electron chi connectivity index (χ4n) is 2.00. The summed E-state index contributed by atoms with van der Waals surface area (Å²) in [6.07, 6.45) is -0.887. The zero-order valence-electron chi connectivity index (χ0n) is 13.4. The van der Waals surface area contributed by atoms with Crippen LogP contribution in [0.5, 0.6) is 5.75 Å². The second-order valence-electron chi connectivity index (χ2n) is 5.10. The highest BCUT2D eigenvalue weighted by Gasteiger charge is 2.19. The van der Waals surface area contributed by atoms with Gasteiger partial charge in [-0.3, -0.25) is 4.79 Å². The van der Waals surface area contributed by atoms with Crippen molar-refractivity contribution in [3.05, 3.63) is 64.1 Å². The van der Waals surface area contributed by atoms with E-state index in [0.29, 0.717) is 22.3 Å². The van der Waals surface area contributed by atoms with Crippen LogP contribution in [-0.4, -0.2) is 25.1 Å². The molecule has 0 heterocycles. The van der Waals surface area contributed by atoms with Crippen molar-refractivity contribution in [2.45, 2.75) is 19.6 Å². The molecule has 0 unspecified atom stereocenters. The standard InChI is InChI=1S/C18H18BrNO4/c1-12(17(21)20-11-13-6-4-3-5-7-13)24-18(22)14-8-9-16(23-2)15(19)10-14/h3-10,12H,11H2,1-2H3,(H,20,21)/t12-/m1/s1. The van der Waals surface area contributed by atoms with Crippen molar-refractivity contribution >= 4 is 27.8 Å². The minimum Gasteiger partial charge on any atom is -0.496 e. The lowest BCUT2D eigenvalue weighted by molar-refractivity contribution is -0.129. The SMILES string of the molecule is COc1ccc(C(=O)O[C@H](C)C(=O)NCc2ccccc2)cc1Br. The highest BCUT2D eigenvalue weighted by atomic mass is 79.9. The second kappa shape index (κ2) is 8.49. The summed E-state index contributed by atoms with van der Waals surface area (Å²) in [4.78, 5) is 24.2. The van der Waals surface area contributed by atoms with Crippen LogP contribution in [0.4, 0.5) is 0 Å². The van der Waals surface area contributed by atoms with E-state index in [1.54, 1.807) is 18.2 Å². The first-order valence-electron chi connectivity index (χ1n) is 7.37. The average molecular weight is 392 g/mol. The number of hydrogen-bond acceptors (Lipinski definition) is 4. The third kappa shape index (κ3) is 4.83. The number of halogens is 1. The van der Waals surface area contributed by atoms with E-state index < -0.39 is 12.1 Å². The van der Waals surface area contributed by atoms with Crippen LogP contribution in [-0.2, 0) is 16.1 Å². The van der Waals surface area contributed by atoms with E-state index in [-0.39, 0.29) is 5.91 Å². The molecule has 0 spiro atoms. The Bertz CT molecular complexity index is 718. The van der Waals surface area contributed by atoms with Crippen LogP contribution >= 0.6 is 15.9 Å². The molecule has 1 atom stereocenters. The van der Waals surface area contributed by atoms with Gasteiger partial charge in [0.25, 0.3) is 5.91 Å². The first kappa shape index (κ1) is 18.0. The number of nitrogens with one attached hydrogen (secondary N) is 1. The van der Waals surface area contributed by atoms with Crippen molar-refractivity contribution in [3.8, 4) is 5.75 Å². The first-order valence-corrected chi connectivity index (χ1v) is 8.16. The molecule has 126 valence electrons. The molecule has 0 bridgehead atoms. The summed E-state index contributed by atoms with van der Waals surface area (Å²) in [5, 5.41) is 2.74. The minimum absolute atomic E-state index is 0.338. The van der Waals surface area contributed by atoms with Gasteiger partial charge in [0.15, 0.2) is 6.10 Å². The lowest BCUT2D eigenvalue weighted by Crippen LogP contribution is -2.35. The normalized spacial score (nSPS) is 11.5. The van der Waals surface area contributed by atoms with E-state index in [1.807, 2.05) is 30.3 Å². The van der Waals surface area contributed by atoms with Crippen LogP contribution in [0.3, 0.4) is 0 Å². The molecule has 2 rings (SSSR count). The topological polar surface area (TPSA) is 64.6 Å². The number of methoxy groups -OCH3 is 1. The van der Waals surface area contributed by atoms with E-state index in [0.717, 1.165) is 5.56 Å². The summed E-state index contributed by atoms with van der Waals surface area (Å²) in [5.41, 5.74) is 1.31. The van der Waals surface area contributed by atoms with Crippen molar-refractivity contribution in [1.82, 2.24) is 5.32 Å². The molecular weight excluding hydrogens is 374 g/mol. The molecule has 24 heavy (non-hydrogen) atoms. The number of amides is 1. The molecule has 2 aromatic rings. The van der Waals surface area contributed by atoms with Gasteiger partial charge in [-0.1, -0.05) is 30.3 Å². The first-order chi connectivity index (χ1) is 11.5. The van der Waals surface area contributed by atoms with Gasteiger partial charge in [-0.2, -0.15) is 0 Å². The number of benzene rings is 2. The van der Waals surface area contributed by atoms with Crippen molar-refractivity contribution in [1.29, 1.82) is 0 Å². The van der Waals surface area contributed by atoms with Crippen LogP contribution in [0.2, 0.25) is 0 Å². The molecule has 0 radical (unpaired) electrons. The van der Waals surface area contributed by atoms with E-state index in [9.17, 15) is 9.59 Å². The third-order valence-electron chi connectivity index (χ3n) is 3.35. The highest BCUT2D eigenvalue weighted by molar-refractivity contribution is 9.10. The molecule has 0 fully saturated rings. The number of esters is 1. The molecule has 6 heteroatoms. The number of hydrogen-bond donors (Lipinski definition) is 1. The van der Waals surface area contributed by atoms with Crippen LogP contribution in [0.1, 0.15) is 22.8 Å². The van der Waals surface area contributed by atoms with Gasteiger partial charge in [0.05, 0.1) is 17.1 Å². The number of rotatable bonds is 6. The predicted octanol–water partition coefficient (Wildman–Crippen LogP) is 3.32. The quantitative estimate of drug-likeness (QED) is 0.767. The predicted molar refractivity (Wildman–Crippen MR) is 93.9 cm³/mol. The minimum atomic E-state index is -0.887. The van der Waals surface area contributed by atoms with Crippen LogP contribution < -0.4 is 10.1 Å². The maximum absolute atomic E-state index is 12.1. The lowest BCUT2D eigenvalue weighted by atomic mass is 10.2. The van der Waals surface area contributed by atoms with Gasteiger partial charge in [0, 0.05) is 6.54 Å². The molecule has 1 amide bonds. The van der Waals surface area contributed by atoms with Crippen LogP contribution in [0, 0.1) is 0 Å². The lowest BCUT2D eigenvalue weighted by Gasteiger charge is -2.14. The Morgan fingerprint density at radius 2 is 1.88 bits per heavy atom. The van der Waals surface area contributed by atoms with Gasteiger partial charge in [0.2, 0.25) is 0 Å². The summed E-state index contributed by atoms with van der Waals surface area (Å²) < 4.78 is 11.0. The van der Waals surface area contributed by atoms with Gasteiger partial charge in [-0.25, -0.2) is 4.79 Å². The Morgan fingerprint density at radius 1 is 1.17 bits per heavy atom. The molecule has 0 aromatic heterocycles. The molecule has 2 aromatic carbocycles. The molecule has 0 saturated heterocycles. The summed E-state index contributed by atoms with van der Waals surface area (Å²) in [7, 11) is 1.54. The Labute approximate surface area is 149 Å². The molecule has 0 aliphatic heterocycles. The summed E-state index contributed by atoms with van der Waals surface area (Å²) in [5.74, 6) is -0.305. The van der Waals surface area contributed by atoms with Crippen LogP contribution in [0.25, 0.3) is 0 Å². The smallest absolute Gasteiger partial charge is 0.338 e. The summed E-state index contributed by atoms with van der Waals surface area (Å²) in [6, 6.07) is 14.3. The average Bonchev–Trinajstić information content (AvgIpc) is 2.60. The maximum Gasteiger partial charge on any atom is 0.338 e. The molecule has 1 N–H and O–H groups in total. The maximum atomic E-state index is 12.1. The van der Waals surface area contributed by atoms with E-state index in [2.05, 4.69) is 21.2 Å². The monoisotopic (exact) mass is 391 g/mol. The van der Waals surface area contributed by atoms with Gasteiger partial charge in [0.1, 0.15) is 5.75 Å². The number of ether oxygens (including phenoxy) is 2. The molecule has 0 aliphatic rings. The van der Waals surface area contributed by atoms with Crippen molar-refractivity contribution in [3.63, 3.8) is 0 Å². The Hall–Kier alpha value is -2.34. The van der Waals surface area contributed by atoms with Crippen molar-refractivity contribution in [2.75, 3.05) is 7.11 Å². The number of carbonyl (C=O) groups excluding carboxylic acids is 2. The fourth-order valence-corrected chi connectivity index (χ4v) is 2.54. The zero-order chi connectivity index (χ0) is 17.5. The Morgan fingerprint density at radius 3 is 2.50 bits per heavy atom. The second-order valence-corrected chi connectivity index (χ2v) is 5.95. The zero-order valence-corrected chi connectivity index (χ0v) is 15.0. The van der Waals surface area contributed by atoms with Crippen molar-refractivity contribution < 1.29 is 19.1 Å².